The summed E-state index contributed by atoms with van der Waals surface area (Å²) in [5.41, 5.74) is 0.376. The number of carbonyl (C=O) groups excluding carboxylic acids is 1. The maximum atomic E-state index is 12.6. The third-order valence-corrected chi connectivity index (χ3v) is 3.72. The first kappa shape index (κ1) is 14.8. The van der Waals surface area contributed by atoms with E-state index >= 15 is 0 Å². The molecule has 2 aromatic heterocycles. The van der Waals surface area contributed by atoms with Crippen molar-refractivity contribution in [3.8, 4) is 11.7 Å². The van der Waals surface area contributed by atoms with Gasteiger partial charge in [0.25, 0.3) is 5.91 Å². The molecule has 2 heterocycles. The predicted molar refractivity (Wildman–Crippen MR) is 92.7 cm³/mol. The number of hydrogen-bond donors (Lipinski definition) is 2. The van der Waals surface area contributed by atoms with Gasteiger partial charge in [-0.1, -0.05) is 24.3 Å². The molecule has 0 saturated carbocycles. The third-order valence-electron chi connectivity index (χ3n) is 3.72. The molecule has 25 heavy (non-hydrogen) atoms. The summed E-state index contributed by atoms with van der Waals surface area (Å²) in [6.45, 7) is 0. The molecule has 0 bridgehead atoms. The number of nitrogens with one attached hydrogen (secondary N) is 1. The first-order chi connectivity index (χ1) is 12.2. The van der Waals surface area contributed by atoms with Gasteiger partial charge in [-0.05, 0) is 23.6 Å². The minimum absolute atomic E-state index is 0.0615. The van der Waals surface area contributed by atoms with Crippen molar-refractivity contribution in [2.24, 2.45) is 0 Å². The lowest BCUT2D eigenvalue weighted by atomic mass is 10.0. The Morgan fingerprint density at radius 1 is 1.00 bits per heavy atom. The normalized spacial score (nSPS) is 10.7. The number of carbonyl (C=O) groups is 1. The van der Waals surface area contributed by atoms with Crippen molar-refractivity contribution in [2.45, 2.75) is 0 Å². The Bertz CT molecular complexity index is 1050. The fourth-order valence-corrected chi connectivity index (χ4v) is 2.61. The predicted octanol–water partition coefficient (Wildman–Crippen LogP) is 2.77. The van der Waals surface area contributed by atoms with Gasteiger partial charge < -0.3 is 10.4 Å². The molecule has 0 saturated heterocycles. The number of anilines is 1. The van der Waals surface area contributed by atoms with Crippen LogP contribution in [-0.4, -0.2) is 30.8 Å². The summed E-state index contributed by atoms with van der Waals surface area (Å²) in [5, 5.41) is 18.4. The molecule has 0 aliphatic heterocycles. The Morgan fingerprint density at radius 3 is 2.56 bits per heavy atom. The Hall–Kier alpha value is -3.74. The SMILES string of the molecule is O=C(Nc1ccn(-c2ncccn2)n1)c1cccc2cccc(O)c12. The Labute approximate surface area is 142 Å². The second kappa shape index (κ2) is 6.04. The zero-order valence-electron chi connectivity index (χ0n) is 13.0. The van der Waals surface area contributed by atoms with Gasteiger partial charge >= 0.3 is 0 Å². The Morgan fingerprint density at radius 2 is 1.76 bits per heavy atom. The largest absolute Gasteiger partial charge is 0.507 e. The molecular weight excluding hydrogens is 318 g/mol. The highest BCUT2D eigenvalue weighted by Crippen LogP contribution is 2.28. The van der Waals surface area contributed by atoms with Crippen LogP contribution in [0, 0.1) is 0 Å². The van der Waals surface area contributed by atoms with Gasteiger partial charge in [-0.15, -0.1) is 5.10 Å². The van der Waals surface area contributed by atoms with Gasteiger partial charge in [-0.3, -0.25) is 4.79 Å². The van der Waals surface area contributed by atoms with Crippen LogP contribution < -0.4 is 5.32 Å². The van der Waals surface area contributed by atoms with Gasteiger partial charge in [0, 0.05) is 30.0 Å². The molecule has 0 unspecified atom stereocenters. The Balaban J connectivity index is 1.65. The maximum absolute atomic E-state index is 12.6. The fourth-order valence-electron chi connectivity index (χ4n) is 2.61. The first-order valence-corrected chi connectivity index (χ1v) is 7.57. The molecule has 2 N–H and O–H groups in total. The molecule has 0 radical (unpaired) electrons. The van der Waals surface area contributed by atoms with Crippen LogP contribution in [-0.2, 0) is 0 Å². The van der Waals surface area contributed by atoms with Crippen molar-refractivity contribution in [3.05, 3.63) is 72.7 Å². The number of aromatic hydroxyl groups is 1. The number of hydrogen-bond acceptors (Lipinski definition) is 5. The monoisotopic (exact) mass is 331 g/mol. The highest BCUT2D eigenvalue weighted by atomic mass is 16.3. The van der Waals surface area contributed by atoms with E-state index in [-0.39, 0.29) is 11.7 Å². The van der Waals surface area contributed by atoms with Gasteiger partial charge in [-0.25, -0.2) is 14.6 Å². The zero-order chi connectivity index (χ0) is 17.2. The molecule has 1 amide bonds. The lowest BCUT2D eigenvalue weighted by Crippen LogP contribution is -2.13. The molecule has 0 aliphatic carbocycles. The summed E-state index contributed by atoms with van der Waals surface area (Å²) >= 11 is 0. The van der Waals surface area contributed by atoms with E-state index in [2.05, 4.69) is 20.4 Å². The standard InChI is InChI=1S/C18H13N5O2/c24-14-7-2-5-12-4-1-6-13(16(12)14)17(25)21-15-8-11-23(22-15)18-19-9-3-10-20-18/h1-11,24H,(H,21,22,25). The van der Waals surface area contributed by atoms with E-state index in [0.29, 0.717) is 22.7 Å². The highest BCUT2D eigenvalue weighted by Gasteiger charge is 2.14. The zero-order valence-corrected chi connectivity index (χ0v) is 13.0. The number of phenols is 1. The van der Waals surface area contributed by atoms with Crippen LogP contribution in [0.25, 0.3) is 16.7 Å². The van der Waals surface area contributed by atoms with Crippen LogP contribution in [0.4, 0.5) is 5.82 Å². The lowest BCUT2D eigenvalue weighted by molar-refractivity contribution is 0.102. The summed E-state index contributed by atoms with van der Waals surface area (Å²) in [6.07, 6.45) is 4.88. The summed E-state index contributed by atoms with van der Waals surface area (Å²) in [6, 6.07) is 13.8. The van der Waals surface area contributed by atoms with Crippen LogP contribution in [0.5, 0.6) is 5.75 Å². The van der Waals surface area contributed by atoms with E-state index in [1.165, 1.54) is 4.68 Å². The van der Waals surface area contributed by atoms with E-state index in [4.69, 9.17) is 0 Å². The molecule has 0 spiro atoms. The third kappa shape index (κ3) is 2.78. The molecule has 4 rings (SSSR count). The minimum Gasteiger partial charge on any atom is -0.507 e. The number of benzene rings is 2. The summed E-state index contributed by atoms with van der Waals surface area (Å²) in [7, 11) is 0. The number of phenolic OH excluding ortho intramolecular Hbond substituents is 1. The van der Waals surface area contributed by atoms with Crippen LogP contribution in [0.1, 0.15) is 10.4 Å². The average Bonchev–Trinajstić information content (AvgIpc) is 3.11. The fraction of sp³-hybridized carbons (Fsp3) is 0. The molecule has 0 atom stereocenters. The molecule has 7 nitrogen and oxygen atoms in total. The second-order valence-electron chi connectivity index (χ2n) is 5.33. The van der Waals surface area contributed by atoms with E-state index in [1.807, 2.05) is 12.1 Å². The topological polar surface area (TPSA) is 92.9 Å². The van der Waals surface area contributed by atoms with Crippen LogP contribution in [0.3, 0.4) is 0 Å². The Kier molecular flexibility index (Phi) is 3.59. The van der Waals surface area contributed by atoms with Gasteiger partial charge in [0.05, 0.1) is 5.56 Å². The van der Waals surface area contributed by atoms with Crippen molar-refractivity contribution >= 4 is 22.5 Å². The van der Waals surface area contributed by atoms with Crippen molar-refractivity contribution in [1.82, 2.24) is 19.7 Å². The van der Waals surface area contributed by atoms with Crippen LogP contribution in [0.2, 0.25) is 0 Å². The molecule has 0 aliphatic rings. The molecule has 0 fully saturated rings. The van der Waals surface area contributed by atoms with E-state index in [0.717, 1.165) is 5.39 Å². The van der Waals surface area contributed by atoms with Crippen molar-refractivity contribution in [1.29, 1.82) is 0 Å². The average molecular weight is 331 g/mol. The summed E-state index contributed by atoms with van der Waals surface area (Å²) in [4.78, 5) is 20.8. The van der Waals surface area contributed by atoms with Crippen molar-refractivity contribution in [2.75, 3.05) is 5.32 Å². The first-order valence-electron chi connectivity index (χ1n) is 7.57. The molecule has 2 aromatic carbocycles. The van der Waals surface area contributed by atoms with E-state index in [9.17, 15) is 9.90 Å². The summed E-state index contributed by atoms with van der Waals surface area (Å²) < 4.78 is 1.47. The van der Waals surface area contributed by atoms with Crippen LogP contribution >= 0.6 is 0 Å². The van der Waals surface area contributed by atoms with E-state index < -0.39 is 0 Å². The second-order valence-corrected chi connectivity index (χ2v) is 5.33. The van der Waals surface area contributed by atoms with Gasteiger partial charge in [0.1, 0.15) is 5.75 Å². The quantitative estimate of drug-likeness (QED) is 0.602. The van der Waals surface area contributed by atoms with Gasteiger partial charge in [0.2, 0.25) is 5.95 Å². The number of rotatable bonds is 3. The summed E-state index contributed by atoms with van der Waals surface area (Å²) in [5.74, 6) is 0.480. The van der Waals surface area contributed by atoms with Gasteiger partial charge in [-0.2, -0.15) is 0 Å². The highest BCUT2D eigenvalue weighted by molar-refractivity contribution is 6.14. The molecule has 4 aromatic rings. The van der Waals surface area contributed by atoms with Crippen LogP contribution in [0.15, 0.2) is 67.1 Å². The number of nitrogens with zero attached hydrogens (tertiary/aromatic N) is 4. The number of fused-ring (bicyclic) bond motifs is 1. The smallest absolute Gasteiger partial charge is 0.257 e. The number of amides is 1. The maximum Gasteiger partial charge on any atom is 0.257 e. The van der Waals surface area contributed by atoms with Crippen molar-refractivity contribution < 1.29 is 9.90 Å². The van der Waals surface area contributed by atoms with Crippen molar-refractivity contribution in [3.63, 3.8) is 0 Å². The van der Waals surface area contributed by atoms with E-state index in [1.54, 1.807) is 55.0 Å². The molecule has 7 heteroatoms. The lowest BCUT2D eigenvalue weighted by Gasteiger charge is -2.08. The minimum atomic E-state index is -0.355. The van der Waals surface area contributed by atoms with Gasteiger partial charge in [0.15, 0.2) is 5.82 Å². The number of aromatic nitrogens is 4. The molecular formula is C18H13N5O2. The molecule has 122 valence electrons.